The molecule has 0 bridgehead atoms. The number of halogens is 1. The Morgan fingerprint density at radius 2 is 1.91 bits per heavy atom. The van der Waals surface area contributed by atoms with Crippen molar-refractivity contribution in [1.82, 2.24) is 5.32 Å². The zero-order valence-electron chi connectivity index (χ0n) is 13.0. The molecule has 0 fully saturated rings. The van der Waals surface area contributed by atoms with Gasteiger partial charge in [0.1, 0.15) is 6.04 Å². The fourth-order valence-electron chi connectivity index (χ4n) is 1.98. The molecule has 22 heavy (non-hydrogen) atoms. The number of nitrogens with one attached hydrogen (secondary N) is 1. The van der Waals surface area contributed by atoms with Gasteiger partial charge in [0.25, 0.3) is 5.91 Å². The van der Waals surface area contributed by atoms with Crippen molar-refractivity contribution >= 4 is 27.8 Å². The number of amides is 1. The van der Waals surface area contributed by atoms with E-state index >= 15 is 0 Å². The number of benzene rings is 1. The van der Waals surface area contributed by atoms with Crippen LogP contribution >= 0.6 is 15.9 Å². The standard InChI is InChI=1S/C15H20BrNO5/c1-8(2)5-11(15(19)20)17-14(18)9-6-10(16)13(22-4)12(7-9)21-3/h6-8,11H,5H2,1-4H3,(H,17,18)(H,19,20). The third kappa shape index (κ3) is 4.62. The minimum atomic E-state index is -1.05. The molecule has 0 aliphatic carbocycles. The third-order valence-corrected chi connectivity index (χ3v) is 3.60. The first-order chi connectivity index (χ1) is 10.3. The van der Waals surface area contributed by atoms with Gasteiger partial charge in [0, 0.05) is 5.56 Å². The monoisotopic (exact) mass is 373 g/mol. The fourth-order valence-corrected chi connectivity index (χ4v) is 2.59. The highest BCUT2D eigenvalue weighted by Crippen LogP contribution is 2.36. The Hall–Kier alpha value is -1.76. The van der Waals surface area contributed by atoms with Gasteiger partial charge in [-0.1, -0.05) is 13.8 Å². The van der Waals surface area contributed by atoms with Crippen LogP contribution < -0.4 is 14.8 Å². The molecule has 0 aliphatic rings. The number of hydrogen-bond donors (Lipinski definition) is 2. The number of aliphatic carboxylic acids is 1. The molecule has 1 atom stereocenters. The van der Waals surface area contributed by atoms with Crippen LogP contribution in [0.2, 0.25) is 0 Å². The topological polar surface area (TPSA) is 84.9 Å². The van der Waals surface area contributed by atoms with Crippen molar-refractivity contribution in [2.45, 2.75) is 26.3 Å². The Kier molecular flexibility index (Phi) is 6.67. The lowest BCUT2D eigenvalue weighted by atomic mass is 10.0. The number of carboxylic acid groups (broad SMARTS) is 1. The lowest BCUT2D eigenvalue weighted by Gasteiger charge is -2.17. The van der Waals surface area contributed by atoms with Crippen LogP contribution in [0.15, 0.2) is 16.6 Å². The SMILES string of the molecule is COc1cc(C(=O)NC(CC(C)C)C(=O)O)cc(Br)c1OC. The van der Waals surface area contributed by atoms with E-state index in [0.29, 0.717) is 28.0 Å². The molecule has 0 heterocycles. The summed E-state index contributed by atoms with van der Waals surface area (Å²) in [5, 5.41) is 11.7. The number of methoxy groups -OCH3 is 2. The number of rotatable bonds is 7. The number of carbonyl (C=O) groups excluding carboxylic acids is 1. The first-order valence-corrected chi connectivity index (χ1v) is 7.54. The second-order valence-corrected chi connectivity index (χ2v) is 6.04. The van der Waals surface area contributed by atoms with Gasteiger partial charge in [-0.3, -0.25) is 4.79 Å². The van der Waals surface area contributed by atoms with Crippen LogP contribution in [0, 0.1) is 5.92 Å². The first-order valence-electron chi connectivity index (χ1n) is 6.75. The molecule has 1 amide bonds. The summed E-state index contributed by atoms with van der Waals surface area (Å²) < 4.78 is 10.9. The van der Waals surface area contributed by atoms with Gasteiger partial charge in [-0.15, -0.1) is 0 Å². The summed E-state index contributed by atoms with van der Waals surface area (Å²) in [6.07, 6.45) is 0.357. The minimum absolute atomic E-state index is 0.151. The Morgan fingerprint density at radius 3 is 2.36 bits per heavy atom. The van der Waals surface area contributed by atoms with E-state index in [2.05, 4.69) is 21.2 Å². The molecule has 1 rings (SSSR count). The average molecular weight is 374 g/mol. The van der Waals surface area contributed by atoms with Gasteiger partial charge >= 0.3 is 5.97 Å². The molecule has 0 saturated carbocycles. The zero-order chi connectivity index (χ0) is 16.9. The molecule has 1 aromatic rings. The van der Waals surface area contributed by atoms with Gasteiger partial charge in [0.05, 0.1) is 18.7 Å². The van der Waals surface area contributed by atoms with E-state index in [0.717, 1.165) is 0 Å². The van der Waals surface area contributed by atoms with Gasteiger partial charge in [-0.2, -0.15) is 0 Å². The van der Waals surface area contributed by atoms with Crippen LogP contribution in [-0.4, -0.2) is 37.2 Å². The van der Waals surface area contributed by atoms with Crippen molar-refractivity contribution in [2.24, 2.45) is 5.92 Å². The molecule has 0 radical (unpaired) electrons. The molecule has 7 heteroatoms. The predicted octanol–water partition coefficient (Wildman–Crippen LogP) is 2.70. The van der Waals surface area contributed by atoms with Gasteiger partial charge in [0.2, 0.25) is 0 Å². The maximum atomic E-state index is 12.3. The molecular formula is C15H20BrNO5. The molecule has 0 aliphatic heterocycles. The Labute approximate surface area is 137 Å². The van der Waals surface area contributed by atoms with E-state index in [1.165, 1.54) is 20.3 Å². The van der Waals surface area contributed by atoms with E-state index in [1.54, 1.807) is 6.07 Å². The van der Waals surface area contributed by atoms with E-state index in [9.17, 15) is 14.7 Å². The van der Waals surface area contributed by atoms with E-state index in [1.807, 2.05) is 13.8 Å². The van der Waals surface area contributed by atoms with Crippen molar-refractivity contribution < 1.29 is 24.2 Å². The predicted molar refractivity (Wildman–Crippen MR) is 85.6 cm³/mol. The Balaban J connectivity index is 3.02. The number of carboxylic acids is 1. The summed E-state index contributed by atoms with van der Waals surface area (Å²) in [6, 6.07) is 2.14. The summed E-state index contributed by atoms with van der Waals surface area (Å²) in [6.45, 7) is 3.80. The third-order valence-electron chi connectivity index (χ3n) is 3.01. The lowest BCUT2D eigenvalue weighted by Crippen LogP contribution is -2.41. The minimum Gasteiger partial charge on any atom is -0.493 e. The maximum Gasteiger partial charge on any atom is 0.326 e. The normalized spacial score (nSPS) is 11.9. The van der Waals surface area contributed by atoms with Crippen LogP contribution in [0.3, 0.4) is 0 Å². The van der Waals surface area contributed by atoms with E-state index in [-0.39, 0.29) is 5.92 Å². The van der Waals surface area contributed by atoms with Crippen molar-refractivity contribution in [3.05, 3.63) is 22.2 Å². The molecule has 1 aromatic carbocycles. The number of carbonyl (C=O) groups is 2. The molecule has 1 unspecified atom stereocenters. The number of ether oxygens (including phenoxy) is 2. The smallest absolute Gasteiger partial charge is 0.326 e. The van der Waals surface area contributed by atoms with Crippen LogP contribution in [0.4, 0.5) is 0 Å². The summed E-state index contributed by atoms with van der Waals surface area (Å²) >= 11 is 3.30. The molecule has 2 N–H and O–H groups in total. The van der Waals surface area contributed by atoms with E-state index in [4.69, 9.17) is 9.47 Å². The van der Waals surface area contributed by atoms with Crippen molar-refractivity contribution in [2.75, 3.05) is 14.2 Å². The highest BCUT2D eigenvalue weighted by atomic mass is 79.9. The molecule has 6 nitrogen and oxygen atoms in total. The summed E-state index contributed by atoms with van der Waals surface area (Å²) in [5.41, 5.74) is 0.291. The van der Waals surface area contributed by atoms with Crippen LogP contribution in [0.25, 0.3) is 0 Å². The van der Waals surface area contributed by atoms with Crippen LogP contribution in [0.1, 0.15) is 30.6 Å². The highest BCUT2D eigenvalue weighted by Gasteiger charge is 2.23. The van der Waals surface area contributed by atoms with Crippen molar-refractivity contribution in [3.8, 4) is 11.5 Å². The lowest BCUT2D eigenvalue weighted by molar-refractivity contribution is -0.139. The summed E-state index contributed by atoms with van der Waals surface area (Å²) in [7, 11) is 2.95. The molecule has 0 spiro atoms. The van der Waals surface area contributed by atoms with Crippen LogP contribution in [-0.2, 0) is 4.79 Å². The fraction of sp³-hybridized carbons (Fsp3) is 0.467. The van der Waals surface area contributed by atoms with Gasteiger partial charge in [0.15, 0.2) is 11.5 Å². The van der Waals surface area contributed by atoms with E-state index < -0.39 is 17.9 Å². The summed E-state index contributed by atoms with van der Waals surface area (Å²) in [5.74, 6) is -0.524. The summed E-state index contributed by atoms with van der Waals surface area (Å²) in [4.78, 5) is 23.5. The van der Waals surface area contributed by atoms with Crippen molar-refractivity contribution in [1.29, 1.82) is 0 Å². The second kappa shape index (κ2) is 8.03. The molecule has 122 valence electrons. The number of hydrogen-bond acceptors (Lipinski definition) is 4. The molecule has 0 aromatic heterocycles. The second-order valence-electron chi connectivity index (χ2n) is 5.19. The highest BCUT2D eigenvalue weighted by molar-refractivity contribution is 9.10. The van der Waals surface area contributed by atoms with Gasteiger partial charge in [-0.25, -0.2) is 4.79 Å². The largest absolute Gasteiger partial charge is 0.493 e. The van der Waals surface area contributed by atoms with Gasteiger partial charge in [-0.05, 0) is 40.4 Å². The van der Waals surface area contributed by atoms with Crippen LogP contribution in [0.5, 0.6) is 11.5 Å². The Morgan fingerprint density at radius 1 is 1.27 bits per heavy atom. The van der Waals surface area contributed by atoms with Crippen molar-refractivity contribution in [3.63, 3.8) is 0 Å². The maximum absolute atomic E-state index is 12.3. The molecular weight excluding hydrogens is 354 g/mol. The first kappa shape index (κ1) is 18.3. The van der Waals surface area contributed by atoms with Gasteiger partial charge < -0.3 is 19.9 Å². The molecule has 0 saturated heterocycles. The zero-order valence-corrected chi connectivity index (χ0v) is 14.6. The quantitative estimate of drug-likeness (QED) is 0.767. The Bertz CT molecular complexity index is 559. The average Bonchev–Trinajstić information content (AvgIpc) is 2.44.